The summed E-state index contributed by atoms with van der Waals surface area (Å²) in [6.45, 7) is 0.432. The minimum absolute atomic E-state index is 0.0225. The summed E-state index contributed by atoms with van der Waals surface area (Å²) in [6.07, 6.45) is -4.18. The maximum atomic E-state index is 13.3. The molecule has 3 N–H and O–H groups in total. The Morgan fingerprint density at radius 3 is 2.59 bits per heavy atom. The topological polar surface area (TPSA) is 128 Å². The van der Waals surface area contributed by atoms with Crippen molar-refractivity contribution in [1.82, 2.24) is 24.8 Å². The molecular weight excluding hydrogens is 630 g/mol. The van der Waals surface area contributed by atoms with Gasteiger partial charge in [0.15, 0.2) is 0 Å². The van der Waals surface area contributed by atoms with Gasteiger partial charge in [0, 0.05) is 30.3 Å². The fourth-order valence-electron chi connectivity index (χ4n) is 3.74. The number of anilines is 2. The van der Waals surface area contributed by atoms with Crippen molar-refractivity contribution in [1.29, 1.82) is 0 Å². The van der Waals surface area contributed by atoms with Crippen LogP contribution in [0.2, 0.25) is 5.28 Å². The molecule has 1 unspecified atom stereocenters. The van der Waals surface area contributed by atoms with Crippen LogP contribution in [0.4, 0.5) is 24.7 Å². The van der Waals surface area contributed by atoms with Gasteiger partial charge in [0.05, 0.1) is 32.0 Å². The van der Waals surface area contributed by atoms with Gasteiger partial charge in [0.2, 0.25) is 11.2 Å². The van der Waals surface area contributed by atoms with Crippen LogP contribution in [-0.2, 0) is 19.1 Å². The molecule has 1 atom stereocenters. The van der Waals surface area contributed by atoms with Gasteiger partial charge in [-0.15, -0.1) is 0 Å². The predicted octanol–water partition coefficient (Wildman–Crippen LogP) is 4.28. The van der Waals surface area contributed by atoms with Crippen molar-refractivity contribution < 1.29 is 27.4 Å². The van der Waals surface area contributed by atoms with E-state index in [9.17, 15) is 18.0 Å². The van der Waals surface area contributed by atoms with Gasteiger partial charge in [-0.2, -0.15) is 23.1 Å². The number of nitrogens with one attached hydrogen (secondary N) is 1. The Bertz CT molecular complexity index is 1320. The van der Waals surface area contributed by atoms with Crippen LogP contribution in [0.3, 0.4) is 0 Å². The second-order valence-corrected chi connectivity index (χ2v) is 9.50. The largest absolute Gasteiger partial charge is 0.481 e. The number of fused-ring (bicyclic) bond motifs is 1. The van der Waals surface area contributed by atoms with Crippen LogP contribution in [0.25, 0.3) is 0 Å². The van der Waals surface area contributed by atoms with Gasteiger partial charge in [0.1, 0.15) is 15.6 Å². The first-order valence-electron chi connectivity index (χ1n) is 10.7. The highest BCUT2D eigenvalue weighted by molar-refractivity contribution is 14.1. The number of nitrogens with two attached hydrogens (primary N) is 1. The van der Waals surface area contributed by atoms with Gasteiger partial charge in [-0.05, 0) is 35.4 Å². The third-order valence-corrected chi connectivity index (χ3v) is 6.67. The number of nitrogen functional groups attached to an aromatic ring is 1. The van der Waals surface area contributed by atoms with Crippen LogP contribution in [-0.4, -0.2) is 51.5 Å². The van der Waals surface area contributed by atoms with Crippen LogP contribution in [0.1, 0.15) is 36.9 Å². The van der Waals surface area contributed by atoms with Gasteiger partial charge in [-0.25, -0.2) is 9.97 Å². The van der Waals surface area contributed by atoms with E-state index in [1.807, 2.05) is 22.6 Å². The number of alkyl halides is 4. The second kappa shape index (κ2) is 10.7. The number of hydrogen-bond donors (Lipinski definition) is 2. The van der Waals surface area contributed by atoms with E-state index in [1.54, 1.807) is 0 Å². The summed E-state index contributed by atoms with van der Waals surface area (Å²) in [6, 6.07) is 4.71. The lowest BCUT2D eigenvalue weighted by atomic mass is 10.0. The number of hydrogen-bond acceptors (Lipinski definition) is 9. The maximum Gasteiger partial charge on any atom is 0.416 e. The normalized spacial score (nSPS) is 14.1. The van der Waals surface area contributed by atoms with E-state index in [2.05, 4.69) is 25.3 Å². The Kier molecular flexibility index (Phi) is 7.77. The molecule has 0 saturated carbocycles. The fraction of sp³-hybridized carbons (Fsp3) is 0.318. The van der Waals surface area contributed by atoms with Crippen LogP contribution in [0.5, 0.6) is 11.9 Å². The molecule has 0 spiro atoms. The highest BCUT2D eigenvalue weighted by Crippen LogP contribution is 2.36. The third kappa shape index (κ3) is 6.06. The number of nitrogens with zero attached hydrogens (tertiary/aromatic N) is 5. The van der Waals surface area contributed by atoms with Crippen molar-refractivity contribution in [2.45, 2.75) is 23.2 Å². The first-order valence-corrected chi connectivity index (χ1v) is 12.3. The lowest BCUT2D eigenvalue weighted by molar-refractivity contribution is -0.137. The van der Waals surface area contributed by atoms with Crippen molar-refractivity contribution in [2.75, 3.05) is 31.8 Å². The molecule has 3 aromatic rings. The van der Waals surface area contributed by atoms with E-state index < -0.39 is 21.7 Å². The van der Waals surface area contributed by atoms with E-state index in [-0.39, 0.29) is 35.1 Å². The average molecular weight is 650 g/mol. The molecule has 0 fully saturated rings. The lowest BCUT2D eigenvalue weighted by Gasteiger charge is -2.30. The summed E-state index contributed by atoms with van der Waals surface area (Å²) in [5.74, 6) is 0.0566. The molecule has 3 heterocycles. The zero-order valence-corrected chi connectivity index (χ0v) is 22.3. The van der Waals surface area contributed by atoms with Crippen LogP contribution in [0, 0.1) is 0 Å². The monoisotopic (exact) mass is 649 g/mol. The number of benzene rings is 1. The van der Waals surface area contributed by atoms with Crippen molar-refractivity contribution in [3.05, 3.63) is 57.6 Å². The highest BCUT2D eigenvalue weighted by Gasteiger charge is 2.32. The Labute approximate surface area is 227 Å². The first-order chi connectivity index (χ1) is 17.5. The Hall–Kier alpha value is -3.14. The van der Waals surface area contributed by atoms with Gasteiger partial charge in [-0.1, -0.05) is 22.6 Å². The minimum Gasteiger partial charge on any atom is -0.481 e. The number of ether oxygens (including phenoxy) is 2. The number of carbonyl (C=O) groups excluding carboxylic acids is 1. The van der Waals surface area contributed by atoms with E-state index in [1.165, 1.54) is 31.3 Å². The molecule has 196 valence electrons. The van der Waals surface area contributed by atoms with E-state index in [4.69, 9.17) is 26.8 Å². The SMILES string of the molecule is COc1cc(C(=O)N2CCc3nc(Cl)nc(NC(I)c4cc(N)cc(C(F)(F)F)c4)c3C2)nc(OC)n1. The standard InChI is InChI=1S/C22H20ClF3IN7O3/c1-36-16-8-15(30-21(31-16)37-2)19(35)34-4-3-14-13(9-34)18(33-20(23)29-14)32-17(27)10-5-11(22(24,25)26)7-12(28)6-10/h5-8,17H,3-4,9,28H2,1-2H3,(H,29,32,33). The summed E-state index contributed by atoms with van der Waals surface area (Å²) < 4.78 is 49.4. The number of methoxy groups -OCH3 is 2. The van der Waals surface area contributed by atoms with E-state index in [0.29, 0.717) is 35.6 Å². The number of amides is 1. The highest BCUT2D eigenvalue weighted by atomic mass is 127. The van der Waals surface area contributed by atoms with E-state index in [0.717, 1.165) is 12.1 Å². The molecule has 1 aromatic carbocycles. The molecule has 1 aliphatic heterocycles. The van der Waals surface area contributed by atoms with Crippen LogP contribution in [0.15, 0.2) is 24.3 Å². The molecule has 37 heavy (non-hydrogen) atoms. The van der Waals surface area contributed by atoms with Gasteiger partial charge in [0.25, 0.3) is 5.91 Å². The molecule has 1 amide bonds. The van der Waals surface area contributed by atoms with Crippen molar-refractivity contribution in [3.63, 3.8) is 0 Å². The maximum absolute atomic E-state index is 13.3. The lowest BCUT2D eigenvalue weighted by Crippen LogP contribution is -2.37. The number of aromatic nitrogens is 4. The minimum atomic E-state index is -4.55. The summed E-state index contributed by atoms with van der Waals surface area (Å²) >= 11 is 8.06. The second-order valence-electron chi connectivity index (χ2n) is 7.92. The predicted molar refractivity (Wildman–Crippen MR) is 137 cm³/mol. The van der Waals surface area contributed by atoms with Crippen LogP contribution >= 0.6 is 34.2 Å². The quantitative estimate of drug-likeness (QED) is 0.132. The van der Waals surface area contributed by atoms with Gasteiger partial charge in [-0.3, -0.25) is 4.79 Å². The van der Waals surface area contributed by atoms with Gasteiger partial charge < -0.3 is 25.4 Å². The zero-order chi connectivity index (χ0) is 26.9. The first kappa shape index (κ1) is 26.9. The number of carbonyl (C=O) groups is 1. The third-order valence-electron chi connectivity index (χ3n) is 5.47. The Morgan fingerprint density at radius 1 is 1.16 bits per heavy atom. The molecular formula is C22H20ClF3IN7O3. The molecule has 0 aliphatic carbocycles. The summed E-state index contributed by atoms with van der Waals surface area (Å²) in [5, 5.41) is 3.06. The molecule has 2 aromatic heterocycles. The Morgan fingerprint density at radius 2 is 1.92 bits per heavy atom. The number of rotatable bonds is 6. The van der Waals surface area contributed by atoms with Crippen molar-refractivity contribution in [3.8, 4) is 11.9 Å². The molecule has 0 radical (unpaired) electrons. The zero-order valence-electron chi connectivity index (χ0n) is 19.4. The summed E-state index contributed by atoms with van der Waals surface area (Å²) in [7, 11) is 2.78. The smallest absolute Gasteiger partial charge is 0.416 e. The molecule has 15 heteroatoms. The fourth-order valence-corrected chi connectivity index (χ4v) is 4.58. The summed E-state index contributed by atoms with van der Waals surface area (Å²) in [4.78, 5) is 31.4. The van der Waals surface area contributed by atoms with Crippen LogP contribution < -0.4 is 20.5 Å². The molecule has 0 bridgehead atoms. The molecule has 0 saturated heterocycles. The number of halogens is 5. The van der Waals surface area contributed by atoms with E-state index >= 15 is 0 Å². The molecule has 1 aliphatic rings. The average Bonchev–Trinajstić information content (AvgIpc) is 2.86. The Balaban J connectivity index is 1.62. The molecule has 10 nitrogen and oxygen atoms in total. The van der Waals surface area contributed by atoms with Gasteiger partial charge >= 0.3 is 12.2 Å². The van der Waals surface area contributed by atoms with Crippen molar-refractivity contribution in [2.24, 2.45) is 0 Å². The molecule has 4 rings (SSSR count). The van der Waals surface area contributed by atoms with Crippen molar-refractivity contribution >= 4 is 51.6 Å². The summed E-state index contributed by atoms with van der Waals surface area (Å²) in [5.41, 5.74) is 6.40.